The molecule has 2 rings (SSSR count). The van der Waals surface area contributed by atoms with Gasteiger partial charge in [-0.15, -0.1) is 23.1 Å². The summed E-state index contributed by atoms with van der Waals surface area (Å²) >= 11 is 8.70. The van der Waals surface area contributed by atoms with Gasteiger partial charge in [-0.1, -0.05) is 11.6 Å². The Morgan fingerprint density at radius 2 is 2.17 bits per heavy atom. The lowest BCUT2D eigenvalue weighted by molar-refractivity contribution is -0.149. The molecule has 132 valence electrons. The average molecular weight is 391 g/mol. The van der Waals surface area contributed by atoms with Gasteiger partial charge in [-0.05, 0) is 25.0 Å². The van der Waals surface area contributed by atoms with Crippen molar-refractivity contribution in [2.24, 2.45) is 0 Å². The minimum Gasteiger partial charge on any atom is -0.455 e. The van der Waals surface area contributed by atoms with Crippen LogP contribution >= 0.6 is 34.7 Å². The number of esters is 1. The maximum atomic E-state index is 11.8. The van der Waals surface area contributed by atoms with Gasteiger partial charge < -0.3 is 15.0 Å². The number of carbonyl (C=O) groups is 3. The number of hydrogen-bond acceptors (Lipinski definition) is 6. The smallest absolute Gasteiger partial charge is 0.316 e. The molecule has 0 saturated heterocycles. The number of rotatable bonds is 9. The van der Waals surface area contributed by atoms with E-state index in [1.165, 1.54) is 35.0 Å². The van der Waals surface area contributed by atoms with Gasteiger partial charge >= 0.3 is 5.97 Å². The van der Waals surface area contributed by atoms with Gasteiger partial charge in [-0.2, -0.15) is 0 Å². The Morgan fingerprint density at radius 3 is 2.79 bits per heavy atom. The van der Waals surface area contributed by atoms with E-state index in [0.717, 1.165) is 17.7 Å². The summed E-state index contributed by atoms with van der Waals surface area (Å²) in [5.74, 6) is -0.211. The van der Waals surface area contributed by atoms with Gasteiger partial charge in [-0.25, -0.2) is 0 Å². The minimum atomic E-state index is -0.452. The van der Waals surface area contributed by atoms with Crippen LogP contribution in [0.1, 0.15) is 17.7 Å². The number of carbonyl (C=O) groups excluding carboxylic acids is 3. The number of thioether (sulfide) groups is 1. The number of nitrogens with zero attached hydrogens (tertiary/aromatic N) is 1. The van der Waals surface area contributed by atoms with Crippen molar-refractivity contribution >= 4 is 52.5 Å². The third kappa shape index (κ3) is 7.11. The first-order valence-corrected chi connectivity index (χ1v) is 9.80. The Hall–Kier alpha value is -1.25. The van der Waals surface area contributed by atoms with Crippen LogP contribution in [0.3, 0.4) is 0 Å². The van der Waals surface area contributed by atoms with Gasteiger partial charge in [0.2, 0.25) is 5.91 Å². The zero-order valence-electron chi connectivity index (χ0n) is 13.2. The topological polar surface area (TPSA) is 75.7 Å². The molecule has 0 aliphatic heterocycles. The average Bonchev–Trinajstić information content (AvgIpc) is 3.24. The Morgan fingerprint density at radius 1 is 1.42 bits per heavy atom. The molecular weight excluding hydrogens is 372 g/mol. The van der Waals surface area contributed by atoms with E-state index in [-0.39, 0.29) is 30.9 Å². The van der Waals surface area contributed by atoms with Crippen molar-refractivity contribution in [2.75, 3.05) is 26.0 Å². The molecule has 0 radical (unpaired) electrons. The van der Waals surface area contributed by atoms with E-state index in [0.29, 0.717) is 10.1 Å². The number of likely N-dealkylation sites (N-methyl/N-ethyl adjacent to an activating group) is 1. The predicted octanol–water partition coefficient (Wildman–Crippen LogP) is 1.91. The number of hydrogen-bond donors (Lipinski definition) is 1. The summed E-state index contributed by atoms with van der Waals surface area (Å²) in [5, 5.41) is 2.80. The van der Waals surface area contributed by atoms with E-state index in [2.05, 4.69) is 5.32 Å². The van der Waals surface area contributed by atoms with Crippen LogP contribution in [0.25, 0.3) is 0 Å². The molecule has 0 aromatic carbocycles. The molecule has 1 saturated carbocycles. The molecule has 1 aliphatic carbocycles. The first kappa shape index (κ1) is 19.1. The van der Waals surface area contributed by atoms with E-state index < -0.39 is 11.9 Å². The van der Waals surface area contributed by atoms with E-state index in [4.69, 9.17) is 16.3 Å². The Kier molecular flexibility index (Phi) is 7.39. The van der Waals surface area contributed by atoms with Crippen molar-refractivity contribution in [2.45, 2.75) is 24.6 Å². The van der Waals surface area contributed by atoms with Gasteiger partial charge in [0, 0.05) is 23.7 Å². The van der Waals surface area contributed by atoms with Crippen molar-refractivity contribution in [3.8, 4) is 0 Å². The molecule has 1 N–H and O–H groups in total. The highest BCUT2D eigenvalue weighted by atomic mass is 35.5. The molecule has 0 atom stereocenters. The summed E-state index contributed by atoms with van der Waals surface area (Å²) in [5.41, 5.74) is 0. The number of amides is 2. The molecule has 1 aromatic heterocycles. The lowest BCUT2D eigenvalue weighted by Crippen LogP contribution is -2.40. The van der Waals surface area contributed by atoms with Crippen molar-refractivity contribution < 1.29 is 19.1 Å². The molecule has 6 nitrogen and oxygen atoms in total. The summed E-state index contributed by atoms with van der Waals surface area (Å²) in [4.78, 5) is 37.4. The fourth-order valence-corrected chi connectivity index (χ4v) is 3.78. The summed E-state index contributed by atoms with van der Waals surface area (Å²) in [6.45, 7) is -0.377. The predicted molar refractivity (Wildman–Crippen MR) is 95.3 cm³/mol. The number of thiophene rings is 1. The molecule has 0 spiro atoms. The first-order valence-electron chi connectivity index (χ1n) is 7.45. The van der Waals surface area contributed by atoms with Crippen LogP contribution in [0.4, 0.5) is 0 Å². The molecule has 2 amide bonds. The second kappa shape index (κ2) is 9.29. The third-order valence-corrected chi connectivity index (χ3v) is 5.57. The highest BCUT2D eigenvalue weighted by Gasteiger charge is 2.24. The molecule has 24 heavy (non-hydrogen) atoms. The van der Waals surface area contributed by atoms with E-state index in [9.17, 15) is 14.4 Å². The van der Waals surface area contributed by atoms with E-state index >= 15 is 0 Å². The van der Waals surface area contributed by atoms with Crippen LogP contribution in [0.15, 0.2) is 12.1 Å². The van der Waals surface area contributed by atoms with Gasteiger partial charge in [0.25, 0.3) is 5.91 Å². The van der Waals surface area contributed by atoms with Crippen LogP contribution in [-0.4, -0.2) is 54.7 Å². The highest BCUT2D eigenvalue weighted by molar-refractivity contribution is 7.99. The van der Waals surface area contributed by atoms with Crippen molar-refractivity contribution in [3.05, 3.63) is 21.3 Å². The maximum Gasteiger partial charge on any atom is 0.316 e. The van der Waals surface area contributed by atoms with Gasteiger partial charge in [0.05, 0.1) is 16.6 Å². The number of nitrogens with one attached hydrogen (secondary N) is 1. The SMILES string of the molecule is CN(CC(=O)NC1CC1)C(=O)COC(=O)CSCc1ccc(Cl)s1. The van der Waals surface area contributed by atoms with Crippen molar-refractivity contribution in [3.63, 3.8) is 0 Å². The van der Waals surface area contributed by atoms with Crippen LogP contribution in [0.5, 0.6) is 0 Å². The van der Waals surface area contributed by atoms with Crippen LogP contribution < -0.4 is 5.32 Å². The first-order chi connectivity index (χ1) is 11.4. The quantitative estimate of drug-likeness (QED) is 0.652. The van der Waals surface area contributed by atoms with Crippen LogP contribution in [0, 0.1) is 0 Å². The van der Waals surface area contributed by atoms with Gasteiger partial charge in [0.1, 0.15) is 0 Å². The molecule has 0 unspecified atom stereocenters. The second-order valence-corrected chi connectivity index (χ2v) is 8.24. The molecule has 1 aliphatic rings. The second-order valence-electron chi connectivity index (χ2n) is 5.45. The van der Waals surface area contributed by atoms with Gasteiger partial charge in [-0.3, -0.25) is 14.4 Å². The van der Waals surface area contributed by atoms with Gasteiger partial charge in [0.15, 0.2) is 6.61 Å². The summed E-state index contributed by atoms with van der Waals surface area (Å²) in [6, 6.07) is 3.99. The molecule has 1 fully saturated rings. The summed E-state index contributed by atoms with van der Waals surface area (Å²) in [6.07, 6.45) is 1.99. The lowest BCUT2D eigenvalue weighted by Gasteiger charge is -2.16. The molecule has 9 heteroatoms. The molecule has 0 bridgehead atoms. The minimum absolute atomic E-state index is 0.0270. The third-order valence-electron chi connectivity index (χ3n) is 3.20. The largest absolute Gasteiger partial charge is 0.455 e. The molecular formula is C15H19ClN2O4S2. The van der Waals surface area contributed by atoms with E-state index in [1.807, 2.05) is 12.1 Å². The maximum absolute atomic E-state index is 11.8. The fourth-order valence-electron chi connectivity index (χ4n) is 1.76. The summed E-state index contributed by atoms with van der Waals surface area (Å²) < 4.78 is 5.65. The normalized spacial score (nSPS) is 13.4. The highest BCUT2D eigenvalue weighted by Crippen LogP contribution is 2.25. The number of ether oxygens (including phenoxy) is 1. The Labute approximate surface area is 153 Å². The van der Waals surface area contributed by atoms with Crippen molar-refractivity contribution in [1.29, 1.82) is 0 Å². The lowest BCUT2D eigenvalue weighted by atomic mass is 10.4. The Balaban J connectivity index is 1.57. The standard InChI is InChI=1S/C15H19ClN2O4S2/c1-18(6-13(19)17-10-2-3-10)14(20)7-22-15(21)9-23-8-11-4-5-12(16)24-11/h4-5,10H,2-3,6-9H2,1H3,(H,17,19). The monoisotopic (exact) mass is 390 g/mol. The van der Waals surface area contributed by atoms with E-state index in [1.54, 1.807) is 0 Å². The number of halogens is 1. The van der Waals surface area contributed by atoms with Crippen LogP contribution in [-0.2, 0) is 24.9 Å². The van der Waals surface area contributed by atoms with Crippen LogP contribution in [0.2, 0.25) is 4.34 Å². The zero-order chi connectivity index (χ0) is 17.5. The molecule has 1 heterocycles. The fraction of sp³-hybridized carbons (Fsp3) is 0.533. The summed E-state index contributed by atoms with van der Waals surface area (Å²) in [7, 11) is 1.51. The zero-order valence-corrected chi connectivity index (χ0v) is 15.6. The molecule has 1 aromatic rings. The van der Waals surface area contributed by atoms with Crippen molar-refractivity contribution in [1.82, 2.24) is 10.2 Å². The Bertz CT molecular complexity index is 604.